The van der Waals surface area contributed by atoms with Crippen molar-refractivity contribution in [2.24, 2.45) is 0 Å². The second-order valence-corrected chi connectivity index (χ2v) is 17.6. The van der Waals surface area contributed by atoms with Gasteiger partial charge in [-0.2, -0.15) is 0 Å². The maximum atomic E-state index is 2.61. The summed E-state index contributed by atoms with van der Waals surface area (Å²) < 4.78 is 6.82. The van der Waals surface area contributed by atoms with Gasteiger partial charge in [0.05, 0.1) is 6.04 Å². The molecule has 3 aromatic heterocycles. The second kappa shape index (κ2) is 11.9. The van der Waals surface area contributed by atoms with Crippen LogP contribution in [0.5, 0.6) is 0 Å². The molecule has 0 saturated heterocycles. The Hall–Kier alpha value is -5.78. The zero-order valence-electron chi connectivity index (χ0n) is 29.1. The lowest BCUT2D eigenvalue weighted by atomic mass is 9.94. The fourth-order valence-electron chi connectivity index (χ4n) is 8.92. The average Bonchev–Trinajstić information content (AvgIpc) is 3.92. The van der Waals surface area contributed by atoms with Crippen molar-refractivity contribution < 1.29 is 0 Å². The quantitative estimate of drug-likeness (QED) is 0.174. The van der Waals surface area contributed by atoms with Crippen LogP contribution < -0.4 is 4.90 Å². The molecule has 0 spiro atoms. The third kappa shape index (κ3) is 4.54. The number of benzene rings is 8. The van der Waals surface area contributed by atoms with Gasteiger partial charge in [-0.05, 0) is 63.0 Å². The van der Waals surface area contributed by atoms with Gasteiger partial charge in [-0.1, -0.05) is 140 Å². The Kier molecular flexibility index (Phi) is 6.73. The molecule has 1 nitrogen and oxygen atoms in total. The summed E-state index contributed by atoms with van der Waals surface area (Å²) in [7, 11) is 0. The fourth-order valence-corrected chi connectivity index (χ4v) is 12.7. The molecule has 0 saturated carbocycles. The van der Waals surface area contributed by atoms with E-state index >= 15 is 0 Å². The lowest BCUT2D eigenvalue weighted by Crippen LogP contribution is -2.32. The summed E-state index contributed by atoms with van der Waals surface area (Å²) in [6, 6.07) is 58.6. The van der Waals surface area contributed by atoms with E-state index in [0.717, 1.165) is 6.42 Å². The Labute approximate surface area is 324 Å². The molecule has 254 valence electrons. The summed E-state index contributed by atoms with van der Waals surface area (Å²) in [5.41, 5.74) is 6.32. The van der Waals surface area contributed by atoms with E-state index in [4.69, 9.17) is 0 Å². The van der Waals surface area contributed by atoms with E-state index in [1.807, 2.05) is 34.0 Å². The van der Waals surface area contributed by atoms with Crippen molar-refractivity contribution in [2.75, 3.05) is 4.90 Å². The van der Waals surface area contributed by atoms with Gasteiger partial charge in [0, 0.05) is 78.7 Å². The first-order valence-electron chi connectivity index (χ1n) is 18.5. The number of hydrogen-bond donors (Lipinski definition) is 0. The van der Waals surface area contributed by atoms with Crippen LogP contribution in [0.2, 0.25) is 0 Å². The molecule has 54 heavy (non-hydrogen) atoms. The summed E-state index contributed by atoms with van der Waals surface area (Å²) in [5, 5.41) is 12.1. The van der Waals surface area contributed by atoms with E-state index in [9.17, 15) is 0 Å². The first-order valence-corrected chi connectivity index (χ1v) is 21.0. The van der Waals surface area contributed by atoms with Crippen molar-refractivity contribution >= 4 is 123 Å². The Balaban J connectivity index is 1.04. The summed E-state index contributed by atoms with van der Waals surface area (Å²) in [6.45, 7) is 0. The fraction of sp³-hybridized carbons (Fsp3) is 0.0400. The van der Waals surface area contributed by atoms with Crippen LogP contribution in [0.25, 0.3) is 89.2 Å². The van der Waals surface area contributed by atoms with Crippen LogP contribution >= 0.6 is 34.0 Å². The van der Waals surface area contributed by atoms with Crippen LogP contribution in [-0.4, -0.2) is 6.04 Å². The van der Waals surface area contributed by atoms with Gasteiger partial charge in [-0.3, -0.25) is 0 Å². The Morgan fingerprint density at radius 2 is 1.13 bits per heavy atom. The van der Waals surface area contributed by atoms with Gasteiger partial charge >= 0.3 is 0 Å². The molecule has 3 heterocycles. The van der Waals surface area contributed by atoms with Crippen LogP contribution in [-0.2, 0) is 6.42 Å². The standard InChI is InChI=1S/C50H31NS3/c1-2-10-30(11-3-1)35-14-8-9-17-42(35)51(33-20-24-38-39-22-18-31-12-4-6-15-36(31)49(39)54-45(38)28-33)34-21-25-40-46(29-34)52-43-26-27-44-48(47(40)43)41-23-19-32-13-5-7-16-37(32)50(41)53-44/h1-28,34H,29H2. The van der Waals surface area contributed by atoms with E-state index < -0.39 is 0 Å². The minimum Gasteiger partial charge on any atom is -0.334 e. The van der Waals surface area contributed by atoms with Gasteiger partial charge in [0.15, 0.2) is 0 Å². The highest BCUT2D eigenvalue weighted by Gasteiger charge is 2.28. The highest BCUT2D eigenvalue weighted by molar-refractivity contribution is 7.27. The SMILES string of the molecule is C1=CC(N(c2ccc3c(c2)sc2c4ccccc4ccc32)c2ccccc2-c2ccccc2)Cc2sc3ccc4sc5c6ccccc6ccc5c4c3c21. The maximum Gasteiger partial charge on any atom is 0.0574 e. The molecule has 0 aliphatic heterocycles. The third-order valence-electron chi connectivity index (χ3n) is 11.4. The van der Waals surface area contributed by atoms with Crippen molar-refractivity contribution in [3.05, 3.63) is 174 Å². The molecule has 0 radical (unpaired) electrons. The number of nitrogens with zero attached hydrogens (tertiary/aromatic N) is 1. The Bertz CT molecular complexity index is 3320. The van der Waals surface area contributed by atoms with Crippen LogP contribution in [0.15, 0.2) is 164 Å². The largest absolute Gasteiger partial charge is 0.334 e. The second-order valence-electron chi connectivity index (χ2n) is 14.3. The van der Waals surface area contributed by atoms with E-state index in [-0.39, 0.29) is 6.04 Å². The zero-order chi connectivity index (χ0) is 35.3. The van der Waals surface area contributed by atoms with Crippen molar-refractivity contribution in [1.29, 1.82) is 0 Å². The monoisotopic (exact) mass is 741 g/mol. The predicted molar refractivity (Wildman–Crippen MR) is 240 cm³/mol. The van der Waals surface area contributed by atoms with Gasteiger partial charge in [-0.25, -0.2) is 0 Å². The topological polar surface area (TPSA) is 3.24 Å². The lowest BCUT2D eigenvalue weighted by molar-refractivity contribution is 0.778. The highest BCUT2D eigenvalue weighted by Crippen LogP contribution is 2.49. The average molecular weight is 742 g/mol. The molecular weight excluding hydrogens is 711 g/mol. The van der Waals surface area contributed by atoms with Gasteiger partial charge in [-0.15, -0.1) is 34.0 Å². The first kappa shape index (κ1) is 30.7. The Morgan fingerprint density at radius 1 is 0.481 bits per heavy atom. The Morgan fingerprint density at radius 3 is 1.94 bits per heavy atom. The van der Waals surface area contributed by atoms with Crippen molar-refractivity contribution in [2.45, 2.75) is 12.5 Å². The molecule has 1 aliphatic carbocycles. The zero-order valence-corrected chi connectivity index (χ0v) is 31.6. The highest BCUT2D eigenvalue weighted by atomic mass is 32.1. The molecule has 11 aromatic rings. The van der Waals surface area contributed by atoms with E-state index in [1.54, 1.807) is 0 Å². The van der Waals surface area contributed by atoms with Gasteiger partial charge in [0.2, 0.25) is 0 Å². The van der Waals surface area contributed by atoms with Crippen LogP contribution in [0.1, 0.15) is 10.4 Å². The summed E-state index contributed by atoms with van der Waals surface area (Å²) in [4.78, 5) is 4.07. The smallest absolute Gasteiger partial charge is 0.0574 e. The predicted octanol–water partition coefficient (Wildman–Crippen LogP) is 15.4. The normalized spacial score (nSPS) is 14.3. The van der Waals surface area contributed by atoms with Crippen molar-refractivity contribution in [3.8, 4) is 11.1 Å². The molecular formula is C50H31NS3. The molecule has 0 fully saturated rings. The number of para-hydroxylation sites is 1. The molecule has 0 amide bonds. The number of hydrogen-bond acceptors (Lipinski definition) is 4. The summed E-state index contributed by atoms with van der Waals surface area (Å²) >= 11 is 5.83. The number of rotatable bonds is 4. The van der Waals surface area contributed by atoms with Gasteiger partial charge in [0.1, 0.15) is 0 Å². The number of thiophene rings is 3. The number of anilines is 2. The third-order valence-corrected chi connectivity index (χ3v) is 15.0. The van der Waals surface area contributed by atoms with E-state index in [0.29, 0.717) is 0 Å². The summed E-state index contributed by atoms with van der Waals surface area (Å²) in [6.07, 6.45) is 5.85. The molecule has 8 aromatic carbocycles. The van der Waals surface area contributed by atoms with Gasteiger partial charge in [0.25, 0.3) is 0 Å². The van der Waals surface area contributed by atoms with Crippen LogP contribution in [0, 0.1) is 0 Å². The number of fused-ring (bicyclic) bond motifs is 14. The molecule has 4 heteroatoms. The minimum absolute atomic E-state index is 0.140. The van der Waals surface area contributed by atoms with Gasteiger partial charge < -0.3 is 4.90 Å². The maximum absolute atomic E-state index is 2.61. The van der Waals surface area contributed by atoms with Crippen molar-refractivity contribution in [1.82, 2.24) is 0 Å². The summed E-state index contributed by atoms with van der Waals surface area (Å²) in [5.74, 6) is 0. The van der Waals surface area contributed by atoms with E-state index in [1.165, 1.54) is 105 Å². The first-order chi connectivity index (χ1) is 26.8. The van der Waals surface area contributed by atoms with Crippen molar-refractivity contribution in [3.63, 3.8) is 0 Å². The molecule has 1 aliphatic rings. The molecule has 0 N–H and O–H groups in total. The molecule has 0 bridgehead atoms. The van der Waals surface area contributed by atoms with E-state index in [2.05, 4.69) is 175 Å². The molecule has 1 atom stereocenters. The molecule has 1 unspecified atom stereocenters. The molecule has 12 rings (SSSR count). The van der Waals surface area contributed by atoms with Crippen LogP contribution in [0.4, 0.5) is 11.4 Å². The lowest BCUT2D eigenvalue weighted by Gasteiger charge is -2.35. The van der Waals surface area contributed by atoms with Crippen LogP contribution in [0.3, 0.4) is 0 Å². The minimum atomic E-state index is 0.140.